The molecule has 2 heterocycles. The van der Waals surface area contributed by atoms with Gasteiger partial charge in [-0.2, -0.15) is 0 Å². The Morgan fingerprint density at radius 2 is 1.96 bits per heavy atom. The average Bonchev–Trinajstić information content (AvgIpc) is 2.53. The molecule has 5 nitrogen and oxygen atoms in total. The van der Waals surface area contributed by atoms with Gasteiger partial charge in [-0.1, -0.05) is 13.8 Å². The molecule has 0 unspecified atom stereocenters. The Hall–Kier alpha value is -2.51. The number of rotatable bonds is 5. The van der Waals surface area contributed by atoms with Gasteiger partial charge in [0.2, 0.25) is 0 Å². The maximum atomic E-state index is 13.0. The lowest BCUT2D eigenvalue weighted by molar-refractivity contribution is 0.0977. The van der Waals surface area contributed by atoms with E-state index in [0.29, 0.717) is 0 Å². The molecule has 0 aromatic carbocycles. The van der Waals surface area contributed by atoms with E-state index in [9.17, 15) is 18.0 Å². The van der Waals surface area contributed by atoms with E-state index in [1.165, 1.54) is 17.0 Å². The van der Waals surface area contributed by atoms with E-state index >= 15 is 0 Å². The number of alkyl halides is 2. The summed E-state index contributed by atoms with van der Waals surface area (Å²) in [5.74, 6) is -0.820. The molecule has 0 aliphatic rings. The normalized spacial score (nSPS) is 11.1. The third-order valence-electron chi connectivity index (χ3n) is 2.91. The number of carbonyl (C=O) groups excluding carboxylic acids is 1. The number of halogens is 3. The fourth-order valence-electron chi connectivity index (χ4n) is 1.92. The van der Waals surface area contributed by atoms with E-state index in [1.54, 1.807) is 0 Å². The number of nitrogens with zero attached hydrogens (tertiary/aromatic N) is 4. The van der Waals surface area contributed by atoms with Gasteiger partial charge in [0, 0.05) is 6.54 Å². The van der Waals surface area contributed by atoms with Gasteiger partial charge < -0.3 is 0 Å². The highest BCUT2D eigenvalue weighted by Crippen LogP contribution is 2.19. The van der Waals surface area contributed by atoms with Gasteiger partial charge in [-0.05, 0) is 24.1 Å². The fourth-order valence-corrected chi connectivity index (χ4v) is 1.92. The summed E-state index contributed by atoms with van der Waals surface area (Å²) >= 11 is 0. The predicted molar refractivity (Wildman–Crippen MR) is 77.7 cm³/mol. The molecule has 1 amide bonds. The first kappa shape index (κ1) is 16.9. The molecule has 0 N–H and O–H groups in total. The van der Waals surface area contributed by atoms with Crippen LogP contribution in [-0.2, 0) is 0 Å². The van der Waals surface area contributed by atoms with Gasteiger partial charge in [0.25, 0.3) is 12.3 Å². The summed E-state index contributed by atoms with van der Waals surface area (Å²) in [6, 6.07) is 3.47. The Balaban J connectivity index is 2.36. The molecule has 0 bridgehead atoms. The minimum atomic E-state index is -2.80. The fraction of sp³-hybridized carbons (Fsp3) is 0.333. The molecule has 0 aliphatic carbocycles. The molecule has 2 aromatic heterocycles. The highest BCUT2D eigenvalue weighted by molar-refractivity contribution is 6.04. The number of pyridine rings is 1. The second-order valence-corrected chi connectivity index (χ2v) is 5.27. The van der Waals surface area contributed by atoms with Crippen LogP contribution in [0.2, 0.25) is 0 Å². The Bertz CT molecular complexity index is 677. The number of aromatic nitrogens is 3. The highest BCUT2D eigenvalue weighted by atomic mass is 19.3. The van der Waals surface area contributed by atoms with Crippen LogP contribution in [0.3, 0.4) is 0 Å². The molecule has 0 aliphatic heterocycles. The van der Waals surface area contributed by atoms with Crippen molar-refractivity contribution in [2.24, 2.45) is 5.92 Å². The van der Waals surface area contributed by atoms with Crippen LogP contribution in [0.1, 0.15) is 36.5 Å². The van der Waals surface area contributed by atoms with Crippen molar-refractivity contribution in [1.29, 1.82) is 0 Å². The Morgan fingerprint density at radius 1 is 1.22 bits per heavy atom. The van der Waals surface area contributed by atoms with Crippen molar-refractivity contribution in [3.05, 3.63) is 47.9 Å². The van der Waals surface area contributed by atoms with Gasteiger partial charge in [-0.15, -0.1) is 0 Å². The summed E-state index contributed by atoms with van der Waals surface area (Å²) < 4.78 is 38.4. The van der Waals surface area contributed by atoms with Crippen molar-refractivity contribution >= 4 is 11.7 Å². The van der Waals surface area contributed by atoms with Crippen molar-refractivity contribution in [3.63, 3.8) is 0 Å². The van der Waals surface area contributed by atoms with Gasteiger partial charge >= 0.3 is 0 Å². The van der Waals surface area contributed by atoms with Gasteiger partial charge in [0.15, 0.2) is 0 Å². The lowest BCUT2D eigenvalue weighted by atomic mass is 10.2. The summed E-state index contributed by atoms with van der Waals surface area (Å²) in [5.41, 5.74) is -0.693. The zero-order valence-corrected chi connectivity index (χ0v) is 12.6. The molecule has 0 radical (unpaired) electrons. The van der Waals surface area contributed by atoms with Gasteiger partial charge in [0.05, 0.1) is 6.20 Å². The highest BCUT2D eigenvalue weighted by Gasteiger charge is 2.23. The smallest absolute Gasteiger partial charge is 0.280 e. The summed E-state index contributed by atoms with van der Waals surface area (Å²) in [6.07, 6.45) is -0.895. The number of hydrogen-bond acceptors (Lipinski definition) is 4. The third kappa shape index (κ3) is 4.24. The van der Waals surface area contributed by atoms with Crippen molar-refractivity contribution in [3.8, 4) is 0 Å². The third-order valence-corrected chi connectivity index (χ3v) is 2.91. The number of amides is 1. The molecule has 23 heavy (non-hydrogen) atoms. The predicted octanol–water partition coefficient (Wildman–Crippen LogP) is 3.25. The Morgan fingerprint density at radius 3 is 2.52 bits per heavy atom. The minimum Gasteiger partial charge on any atom is -0.291 e. The largest absolute Gasteiger partial charge is 0.291 e. The van der Waals surface area contributed by atoms with Crippen LogP contribution in [0.5, 0.6) is 0 Å². The standard InChI is InChI=1S/C15H15F3N4O/c1-9(2)7-22(13-4-3-10(16)6-19-13)15(23)12-5-11(14(17)18)20-8-21-12/h3-6,8-9,14H,7H2,1-2H3. The Labute approximate surface area is 131 Å². The zero-order chi connectivity index (χ0) is 17.0. The van der Waals surface area contributed by atoms with E-state index in [-0.39, 0.29) is 24.0 Å². The first-order valence-corrected chi connectivity index (χ1v) is 6.92. The zero-order valence-electron chi connectivity index (χ0n) is 12.6. The van der Waals surface area contributed by atoms with Gasteiger partial charge in [-0.3, -0.25) is 9.69 Å². The first-order valence-electron chi connectivity index (χ1n) is 6.92. The second-order valence-electron chi connectivity index (χ2n) is 5.27. The summed E-state index contributed by atoms with van der Waals surface area (Å²) in [6.45, 7) is 4.05. The van der Waals surface area contributed by atoms with Crippen molar-refractivity contribution in [2.75, 3.05) is 11.4 Å². The van der Waals surface area contributed by atoms with Crippen LogP contribution in [0.4, 0.5) is 19.0 Å². The van der Waals surface area contributed by atoms with E-state index in [1.807, 2.05) is 13.8 Å². The van der Waals surface area contributed by atoms with E-state index < -0.39 is 23.8 Å². The van der Waals surface area contributed by atoms with Crippen molar-refractivity contribution in [1.82, 2.24) is 15.0 Å². The van der Waals surface area contributed by atoms with Gasteiger partial charge in [-0.25, -0.2) is 28.1 Å². The van der Waals surface area contributed by atoms with E-state index in [0.717, 1.165) is 18.6 Å². The first-order chi connectivity index (χ1) is 10.9. The summed E-state index contributed by atoms with van der Waals surface area (Å²) in [4.78, 5) is 24.9. The monoisotopic (exact) mass is 324 g/mol. The van der Waals surface area contributed by atoms with Crippen LogP contribution in [0.25, 0.3) is 0 Å². The number of carbonyl (C=O) groups is 1. The molecule has 8 heteroatoms. The minimum absolute atomic E-state index is 0.0854. The number of hydrogen-bond donors (Lipinski definition) is 0. The molecule has 0 saturated carbocycles. The molecule has 0 spiro atoms. The van der Waals surface area contributed by atoms with Crippen LogP contribution in [0, 0.1) is 11.7 Å². The average molecular weight is 324 g/mol. The van der Waals surface area contributed by atoms with Gasteiger partial charge in [0.1, 0.15) is 29.4 Å². The lowest BCUT2D eigenvalue weighted by Crippen LogP contribution is -2.35. The maximum absolute atomic E-state index is 13.0. The van der Waals surface area contributed by atoms with Crippen LogP contribution in [-0.4, -0.2) is 27.4 Å². The molecular weight excluding hydrogens is 309 g/mol. The summed E-state index contributed by atoms with van der Waals surface area (Å²) in [5, 5.41) is 0. The topological polar surface area (TPSA) is 59.0 Å². The van der Waals surface area contributed by atoms with E-state index in [4.69, 9.17) is 0 Å². The van der Waals surface area contributed by atoms with Crippen molar-refractivity contribution < 1.29 is 18.0 Å². The molecule has 122 valence electrons. The van der Waals surface area contributed by atoms with Crippen molar-refractivity contribution in [2.45, 2.75) is 20.3 Å². The van der Waals surface area contributed by atoms with Crippen LogP contribution in [0.15, 0.2) is 30.7 Å². The quantitative estimate of drug-likeness (QED) is 0.847. The molecular formula is C15H15F3N4O. The molecule has 0 atom stereocenters. The Kier molecular flexibility index (Phi) is 5.25. The molecule has 0 saturated heterocycles. The molecule has 2 aromatic rings. The van der Waals surface area contributed by atoms with Crippen LogP contribution >= 0.6 is 0 Å². The summed E-state index contributed by atoms with van der Waals surface area (Å²) in [7, 11) is 0. The van der Waals surface area contributed by atoms with Crippen LogP contribution < -0.4 is 4.90 Å². The maximum Gasteiger partial charge on any atom is 0.280 e. The molecule has 0 fully saturated rings. The van der Waals surface area contributed by atoms with E-state index in [2.05, 4.69) is 15.0 Å². The second kappa shape index (κ2) is 7.17. The molecule has 2 rings (SSSR count). The SMILES string of the molecule is CC(C)CN(C(=O)c1cc(C(F)F)ncn1)c1ccc(F)cn1. The number of anilines is 1. The lowest BCUT2D eigenvalue weighted by Gasteiger charge is -2.23.